The molecule has 22 heavy (non-hydrogen) atoms. The minimum Gasteiger partial charge on any atom is -0.497 e. The lowest BCUT2D eigenvalue weighted by Crippen LogP contribution is -2.40. The fourth-order valence-electron chi connectivity index (χ4n) is 2.85. The van der Waals surface area contributed by atoms with Gasteiger partial charge in [0.2, 0.25) is 11.3 Å². The maximum atomic E-state index is 12.7. The van der Waals surface area contributed by atoms with E-state index in [4.69, 9.17) is 10.5 Å². The van der Waals surface area contributed by atoms with Gasteiger partial charge in [-0.25, -0.2) is 0 Å². The summed E-state index contributed by atoms with van der Waals surface area (Å²) in [4.78, 5) is 26.0. The topological polar surface area (TPSA) is 72.6 Å². The number of rotatable bonds is 3. The summed E-state index contributed by atoms with van der Waals surface area (Å²) in [5, 5.41) is 2.58. The van der Waals surface area contributed by atoms with E-state index in [-0.39, 0.29) is 17.3 Å². The normalized spacial score (nSPS) is 16.0. The van der Waals surface area contributed by atoms with Crippen molar-refractivity contribution in [3.63, 3.8) is 0 Å². The largest absolute Gasteiger partial charge is 0.497 e. The lowest BCUT2D eigenvalue weighted by Gasteiger charge is -2.31. The van der Waals surface area contributed by atoms with Crippen LogP contribution in [0.15, 0.2) is 28.4 Å². The molecule has 0 radical (unpaired) electrons. The van der Waals surface area contributed by atoms with Crippen molar-refractivity contribution in [3.8, 4) is 5.75 Å². The SMILES string of the molecule is COc1ccc2scc(N3CCC(C(N)=O)CC3)c(=O)c2c1. The molecule has 3 rings (SSSR count). The number of amides is 1. The summed E-state index contributed by atoms with van der Waals surface area (Å²) in [6.07, 6.45) is 1.41. The number of methoxy groups -OCH3 is 1. The van der Waals surface area contributed by atoms with E-state index in [0.29, 0.717) is 42.8 Å². The summed E-state index contributed by atoms with van der Waals surface area (Å²) in [6.45, 7) is 1.37. The monoisotopic (exact) mass is 318 g/mol. The minimum absolute atomic E-state index is 0.0187. The molecule has 0 unspecified atom stereocenters. The zero-order chi connectivity index (χ0) is 15.7. The highest BCUT2D eigenvalue weighted by Crippen LogP contribution is 2.27. The third-order valence-corrected chi connectivity index (χ3v) is 5.15. The van der Waals surface area contributed by atoms with Crippen LogP contribution in [0.5, 0.6) is 5.75 Å². The molecule has 1 aromatic carbocycles. The predicted octanol–water partition coefficient (Wildman–Crippen LogP) is 1.97. The number of nitrogens with two attached hydrogens (primary N) is 1. The number of fused-ring (bicyclic) bond motifs is 1. The van der Waals surface area contributed by atoms with Gasteiger partial charge in [0, 0.05) is 34.5 Å². The van der Waals surface area contributed by atoms with Gasteiger partial charge in [-0.2, -0.15) is 0 Å². The number of hydrogen-bond acceptors (Lipinski definition) is 5. The summed E-state index contributed by atoms with van der Waals surface area (Å²) in [5.41, 5.74) is 6.08. The van der Waals surface area contributed by atoms with Gasteiger partial charge in [-0.1, -0.05) is 0 Å². The quantitative estimate of drug-likeness (QED) is 0.939. The molecule has 6 heteroatoms. The van der Waals surface area contributed by atoms with Crippen LogP contribution in [0.3, 0.4) is 0 Å². The smallest absolute Gasteiger partial charge is 0.220 e. The molecule has 0 bridgehead atoms. The van der Waals surface area contributed by atoms with Gasteiger partial charge >= 0.3 is 0 Å². The Hall–Kier alpha value is -2.08. The first-order valence-electron chi connectivity index (χ1n) is 7.24. The summed E-state index contributed by atoms with van der Waals surface area (Å²) in [6, 6.07) is 5.55. The molecule has 2 heterocycles. The maximum absolute atomic E-state index is 12.7. The van der Waals surface area contributed by atoms with Crippen LogP contribution >= 0.6 is 11.3 Å². The maximum Gasteiger partial charge on any atom is 0.220 e. The molecule has 1 aromatic heterocycles. The molecule has 2 aromatic rings. The first kappa shape index (κ1) is 14.8. The Bertz CT molecular complexity index is 764. The van der Waals surface area contributed by atoms with Crippen LogP contribution in [0.4, 0.5) is 5.69 Å². The van der Waals surface area contributed by atoms with Crippen LogP contribution in [-0.4, -0.2) is 26.1 Å². The molecule has 2 N–H and O–H groups in total. The lowest BCUT2D eigenvalue weighted by molar-refractivity contribution is -0.122. The number of carbonyl (C=O) groups excluding carboxylic acids is 1. The molecule has 0 saturated carbocycles. The molecule has 1 aliphatic heterocycles. The highest BCUT2D eigenvalue weighted by Gasteiger charge is 2.24. The number of hydrogen-bond donors (Lipinski definition) is 1. The number of primary amides is 1. The van der Waals surface area contributed by atoms with E-state index in [9.17, 15) is 9.59 Å². The van der Waals surface area contributed by atoms with Gasteiger partial charge in [0.25, 0.3) is 0 Å². The molecule has 1 aliphatic rings. The minimum atomic E-state index is -0.243. The second-order valence-corrected chi connectivity index (χ2v) is 6.39. The first-order chi connectivity index (χ1) is 10.6. The molecule has 1 saturated heterocycles. The molecular weight excluding hydrogens is 300 g/mol. The van der Waals surface area contributed by atoms with Crippen LogP contribution in [0.25, 0.3) is 10.1 Å². The average molecular weight is 318 g/mol. The summed E-state index contributed by atoms with van der Waals surface area (Å²) in [7, 11) is 1.59. The molecule has 0 atom stereocenters. The Morgan fingerprint density at radius 2 is 2.09 bits per heavy atom. The van der Waals surface area contributed by atoms with Crippen molar-refractivity contribution in [2.45, 2.75) is 12.8 Å². The molecular formula is C16H18N2O3S. The first-order valence-corrected chi connectivity index (χ1v) is 8.12. The molecule has 0 spiro atoms. The van der Waals surface area contributed by atoms with Gasteiger partial charge < -0.3 is 15.4 Å². The average Bonchev–Trinajstić information content (AvgIpc) is 2.55. The Morgan fingerprint density at radius 3 is 2.73 bits per heavy atom. The standard InChI is InChI=1S/C16H18N2O3S/c1-21-11-2-3-14-12(8-11)15(19)13(9-22-14)18-6-4-10(5-7-18)16(17)20/h2-3,8-10H,4-7H2,1H3,(H2,17,20). The Balaban J connectivity index is 1.93. The van der Waals surface area contributed by atoms with Crippen molar-refractivity contribution in [2.75, 3.05) is 25.1 Å². The second-order valence-electron chi connectivity index (χ2n) is 5.48. The van der Waals surface area contributed by atoms with Gasteiger partial charge in [0.15, 0.2) is 0 Å². The summed E-state index contributed by atoms with van der Waals surface area (Å²) >= 11 is 1.55. The van der Waals surface area contributed by atoms with Crippen molar-refractivity contribution in [3.05, 3.63) is 33.8 Å². The van der Waals surface area contributed by atoms with Crippen LogP contribution in [0.1, 0.15) is 12.8 Å². The third kappa shape index (κ3) is 2.66. The van der Waals surface area contributed by atoms with Crippen LogP contribution in [-0.2, 0) is 4.79 Å². The molecule has 0 aliphatic carbocycles. The molecule has 1 amide bonds. The van der Waals surface area contributed by atoms with E-state index in [1.54, 1.807) is 24.5 Å². The van der Waals surface area contributed by atoms with Crippen LogP contribution < -0.4 is 20.8 Å². The van der Waals surface area contributed by atoms with Crippen molar-refractivity contribution < 1.29 is 9.53 Å². The van der Waals surface area contributed by atoms with E-state index in [0.717, 1.165) is 4.70 Å². The molecule has 1 fully saturated rings. The molecule has 5 nitrogen and oxygen atoms in total. The van der Waals surface area contributed by atoms with Gasteiger partial charge in [-0.15, -0.1) is 11.3 Å². The van der Waals surface area contributed by atoms with E-state index in [1.807, 2.05) is 17.5 Å². The fraction of sp³-hybridized carbons (Fsp3) is 0.375. The fourth-order valence-corrected chi connectivity index (χ4v) is 3.77. The number of ether oxygens (including phenoxy) is 1. The zero-order valence-electron chi connectivity index (χ0n) is 12.4. The van der Waals surface area contributed by atoms with Crippen molar-refractivity contribution in [1.29, 1.82) is 0 Å². The van der Waals surface area contributed by atoms with Gasteiger partial charge in [-0.05, 0) is 31.0 Å². The number of nitrogens with zero attached hydrogens (tertiary/aromatic N) is 1. The van der Waals surface area contributed by atoms with E-state index in [1.165, 1.54) is 0 Å². The van der Waals surface area contributed by atoms with Crippen molar-refractivity contribution >= 4 is 33.0 Å². The Morgan fingerprint density at radius 1 is 1.36 bits per heavy atom. The number of anilines is 1. The van der Waals surface area contributed by atoms with E-state index in [2.05, 4.69) is 4.90 Å². The highest BCUT2D eigenvalue weighted by molar-refractivity contribution is 7.16. The number of piperidine rings is 1. The van der Waals surface area contributed by atoms with E-state index < -0.39 is 0 Å². The summed E-state index contributed by atoms with van der Waals surface area (Å²) < 4.78 is 6.15. The van der Waals surface area contributed by atoms with Gasteiger partial charge in [0.1, 0.15) is 5.75 Å². The number of carbonyl (C=O) groups is 1. The highest BCUT2D eigenvalue weighted by atomic mass is 32.1. The molecule has 116 valence electrons. The predicted molar refractivity (Wildman–Crippen MR) is 88.8 cm³/mol. The Kier molecular flexibility index (Phi) is 4.02. The van der Waals surface area contributed by atoms with Crippen molar-refractivity contribution in [1.82, 2.24) is 0 Å². The third-order valence-electron chi connectivity index (χ3n) is 4.20. The van der Waals surface area contributed by atoms with Crippen LogP contribution in [0, 0.1) is 5.92 Å². The Labute approximate surface area is 132 Å². The van der Waals surface area contributed by atoms with Gasteiger partial charge in [-0.3, -0.25) is 9.59 Å². The number of benzene rings is 1. The van der Waals surface area contributed by atoms with Crippen molar-refractivity contribution in [2.24, 2.45) is 11.7 Å². The second kappa shape index (κ2) is 5.96. The van der Waals surface area contributed by atoms with Gasteiger partial charge in [0.05, 0.1) is 12.8 Å². The summed E-state index contributed by atoms with van der Waals surface area (Å²) in [5.74, 6) is 0.366. The zero-order valence-corrected chi connectivity index (χ0v) is 13.2. The van der Waals surface area contributed by atoms with Crippen LogP contribution in [0.2, 0.25) is 0 Å². The van der Waals surface area contributed by atoms with E-state index >= 15 is 0 Å². The lowest BCUT2D eigenvalue weighted by atomic mass is 9.96.